The molecular formula is C16H25N5O2. The second kappa shape index (κ2) is 6.47. The van der Waals surface area contributed by atoms with E-state index in [4.69, 9.17) is 4.74 Å². The molecule has 1 aromatic rings. The zero-order chi connectivity index (χ0) is 15.6. The van der Waals surface area contributed by atoms with Crippen molar-refractivity contribution in [3.05, 3.63) is 11.6 Å². The third kappa shape index (κ3) is 3.06. The Kier molecular flexibility index (Phi) is 4.20. The van der Waals surface area contributed by atoms with Crippen molar-refractivity contribution in [3.8, 4) is 0 Å². The molecule has 3 aliphatic rings. The maximum Gasteiger partial charge on any atom is 0.317 e. The minimum atomic E-state index is 0.0337. The molecule has 7 nitrogen and oxygen atoms in total. The van der Waals surface area contributed by atoms with Gasteiger partial charge in [0.25, 0.3) is 0 Å². The summed E-state index contributed by atoms with van der Waals surface area (Å²) in [6, 6.07) is 0.0337. The summed E-state index contributed by atoms with van der Waals surface area (Å²) in [6.45, 7) is 4.05. The number of urea groups is 1. The van der Waals surface area contributed by atoms with E-state index in [0.717, 1.165) is 76.4 Å². The van der Waals surface area contributed by atoms with Gasteiger partial charge in [0.2, 0.25) is 0 Å². The Morgan fingerprint density at radius 1 is 1.22 bits per heavy atom. The van der Waals surface area contributed by atoms with Crippen molar-refractivity contribution in [2.75, 3.05) is 26.2 Å². The molecule has 1 aromatic heterocycles. The molecule has 23 heavy (non-hydrogen) atoms. The van der Waals surface area contributed by atoms with Gasteiger partial charge in [0.15, 0.2) is 0 Å². The summed E-state index contributed by atoms with van der Waals surface area (Å²) >= 11 is 0. The molecule has 3 aliphatic heterocycles. The highest BCUT2D eigenvalue weighted by Gasteiger charge is 2.30. The van der Waals surface area contributed by atoms with Gasteiger partial charge in [-0.3, -0.25) is 0 Å². The average molecular weight is 319 g/mol. The number of fused-ring (bicyclic) bond motifs is 1. The summed E-state index contributed by atoms with van der Waals surface area (Å²) in [5.74, 6) is 2.51. The number of carbonyl (C=O) groups excluding carboxylic acids is 1. The number of rotatable bonds is 3. The van der Waals surface area contributed by atoms with Gasteiger partial charge < -0.3 is 19.5 Å². The number of carbonyl (C=O) groups is 1. The Morgan fingerprint density at radius 3 is 3.04 bits per heavy atom. The standard InChI is InChI=1S/C16H25N5O2/c22-16(17-10-13-5-3-9-23-13)20-7-1-4-12(11-20)15-19-18-14-6-2-8-21(14)15/h12-13H,1-11H2,(H,17,22)/t12-,13-/m0/s1. The summed E-state index contributed by atoms with van der Waals surface area (Å²) in [4.78, 5) is 14.4. The fourth-order valence-corrected chi connectivity index (χ4v) is 3.97. The van der Waals surface area contributed by atoms with Crippen LogP contribution in [-0.2, 0) is 17.7 Å². The molecule has 0 saturated carbocycles. The molecule has 4 heterocycles. The molecule has 0 aliphatic carbocycles. The highest BCUT2D eigenvalue weighted by Crippen LogP contribution is 2.28. The van der Waals surface area contributed by atoms with Crippen molar-refractivity contribution in [2.24, 2.45) is 0 Å². The number of hydrogen-bond donors (Lipinski definition) is 1. The molecule has 0 radical (unpaired) electrons. The lowest BCUT2D eigenvalue weighted by molar-refractivity contribution is 0.107. The van der Waals surface area contributed by atoms with Crippen LogP contribution in [0.3, 0.4) is 0 Å². The van der Waals surface area contributed by atoms with E-state index in [1.165, 1.54) is 0 Å². The smallest absolute Gasteiger partial charge is 0.317 e. The van der Waals surface area contributed by atoms with E-state index in [2.05, 4.69) is 20.1 Å². The number of hydrogen-bond acceptors (Lipinski definition) is 4. The lowest BCUT2D eigenvalue weighted by atomic mass is 9.97. The van der Waals surface area contributed by atoms with E-state index < -0.39 is 0 Å². The van der Waals surface area contributed by atoms with Crippen molar-refractivity contribution >= 4 is 6.03 Å². The largest absolute Gasteiger partial charge is 0.376 e. The van der Waals surface area contributed by atoms with Crippen LogP contribution in [-0.4, -0.2) is 58.0 Å². The number of aromatic nitrogens is 3. The highest BCUT2D eigenvalue weighted by molar-refractivity contribution is 5.74. The molecule has 2 amide bonds. The molecule has 0 spiro atoms. The second-order valence-electron chi connectivity index (χ2n) is 6.84. The van der Waals surface area contributed by atoms with Crippen LogP contribution in [0.2, 0.25) is 0 Å². The Balaban J connectivity index is 1.35. The van der Waals surface area contributed by atoms with Crippen LogP contribution in [0.1, 0.15) is 49.7 Å². The van der Waals surface area contributed by atoms with Gasteiger partial charge in [-0.25, -0.2) is 4.79 Å². The molecule has 2 atom stereocenters. The topological polar surface area (TPSA) is 72.3 Å². The molecular weight excluding hydrogens is 294 g/mol. The van der Waals surface area contributed by atoms with Gasteiger partial charge in [-0.05, 0) is 32.1 Å². The molecule has 2 saturated heterocycles. The van der Waals surface area contributed by atoms with Gasteiger partial charge in [0.1, 0.15) is 11.6 Å². The predicted octanol–water partition coefficient (Wildman–Crippen LogP) is 1.29. The molecule has 2 fully saturated rings. The van der Waals surface area contributed by atoms with Crippen LogP contribution in [0.25, 0.3) is 0 Å². The molecule has 0 aromatic carbocycles. The summed E-state index contributed by atoms with van der Waals surface area (Å²) in [7, 11) is 0. The van der Waals surface area contributed by atoms with Gasteiger partial charge in [-0.15, -0.1) is 10.2 Å². The first-order valence-corrected chi connectivity index (χ1v) is 8.87. The fraction of sp³-hybridized carbons (Fsp3) is 0.812. The normalized spacial score (nSPS) is 27.2. The second-order valence-corrected chi connectivity index (χ2v) is 6.84. The SMILES string of the molecule is O=C(NC[C@@H]1CCCO1)N1CCC[C@H](c2nnc3n2CCC3)C1. The number of amides is 2. The van der Waals surface area contributed by atoms with Gasteiger partial charge in [-0.2, -0.15) is 0 Å². The molecule has 1 N–H and O–H groups in total. The Bertz CT molecular complexity index is 567. The van der Waals surface area contributed by atoms with Crippen LogP contribution in [0.15, 0.2) is 0 Å². The summed E-state index contributed by atoms with van der Waals surface area (Å²) in [6.07, 6.45) is 6.66. The number of likely N-dealkylation sites (tertiary alicyclic amines) is 1. The zero-order valence-electron chi connectivity index (χ0n) is 13.5. The third-order valence-electron chi connectivity index (χ3n) is 5.22. The van der Waals surface area contributed by atoms with Crippen LogP contribution in [0.5, 0.6) is 0 Å². The molecule has 4 rings (SSSR count). The van der Waals surface area contributed by atoms with Gasteiger partial charge in [-0.1, -0.05) is 0 Å². The molecule has 0 bridgehead atoms. The van der Waals surface area contributed by atoms with E-state index in [1.807, 2.05) is 4.90 Å². The monoisotopic (exact) mass is 319 g/mol. The van der Waals surface area contributed by atoms with E-state index in [0.29, 0.717) is 12.5 Å². The number of ether oxygens (including phenoxy) is 1. The lowest BCUT2D eigenvalue weighted by Gasteiger charge is -2.32. The van der Waals surface area contributed by atoms with E-state index in [9.17, 15) is 4.79 Å². The lowest BCUT2D eigenvalue weighted by Crippen LogP contribution is -2.47. The maximum atomic E-state index is 12.4. The van der Waals surface area contributed by atoms with Crippen molar-refractivity contribution in [2.45, 2.75) is 57.1 Å². The van der Waals surface area contributed by atoms with E-state index >= 15 is 0 Å². The summed E-state index contributed by atoms with van der Waals surface area (Å²) in [5, 5.41) is 11.7. The third-order valence-corrected chi connectivity index (χ3v) is 5.22. The van der Waals surface area contributed by atoms with Gasteiger partial charge in [0, 0.05) is 45.1 Å². The van der Waals surface area contributed by atoms with E-state index in [-0.39, 0.29) is 12.1 Å². The van der Waals surface area contributed by atoms with Gasteiger partial charge in [0.05, 0.1) is 6.10 Å². The average Bonchev–Trinajstić information content (AvgIpc) is 3.30. The number of nitrogens with zero attached hydrogens (tertiary/aromatic N) is 4. The van der Waals surface area contributed by atoms with Crippen molar-refractivity contribution < 1.29 is 9.53 Å². The Morgan fingerprint density at radius 2 is 2.17 bits per heavy atom. The van der Waals surface area contributed by atoms with Crippen molar-refractivity contribution in [1.29, 1.82) is 0 Å². The van der Waals surface area contributed by atoms with Crippen molar-refractivity contribution in [3.63, 3.8) is 0 Å². The summed E-state index contributed by atoms with van der Waals surface area (Å²) < 4.78 is 7.83. The zero-order valence-corrected chi connectivity index (χ0v) is 13.5. The minimum absolute atomic E-state index is 0.0337. The quantitative estimate of drug-likeness (QED) is 0.911. The fourth-order valence-electron chi connectivity index (χ4n) is 3.97. The first kappa shape index (κ1) is 14.9. The van der Waals surface area contributed by atoms with Crippen LogP contribution >= 0.6 is 0 Å². The van der Waals surface area contributed by atoms with Crippen LogP contribution < -0.4 is 5.32 Å². The number of piperidine rings is 1. The van der Waals surface area contributed by atoms with Crippen molar-refractivity contribution in [1.82, 2.24) is 25.0 Å². The van der Waals surface area contributed by atoms with E-state index in [1.54, 1.807) is 0 Å². The van der Waals surface area contributed by atoms with Crippen LogP contribution in [0, 0.1) is 0 Å². The number of aryl methyl sites for hydroxylation is 1. The first-order chi connectivity index (χ1) is 11.3. The summed E-state index contributed by atoms with van der Waals surface area (Å²) in [5.41, 5.74) is 0. The maximum absolute atomic E-state index is 12.4. The molecule has 126 valence electrons. The Labute approximate surface area is 136 Å². The van der Waals surface area contributed by atoms with Gasteiger partial charge >= 0.3 is 6.03 Å². The highest BCUT2D eigenvalue weighted by atomic mass is 16.5. The molecule has 7 heteroatoms. The number of nitrogens with one attached hydrogen (secondary N) is 1. The minimum Gasteiger partial charge on any atom is -0.376 e. The first-order valence-electron chi connectivity index (χ1n) is 8.87. The molecule has 0 unspecified atom stereocenters. The Hall–Kier alpha value is -1.63. The van der Waals surface area contributed by atoms with Crippen LogP contribution in [0.4, 0.5) is 4.79 Å². The predicted molar refractivity (Wildman–Crippen MR) is 84.3 cm³/mol.